The normalized spacial score (nSPS) is 32.4. The standard InChI is InChI=1S/C31H47N3O2/c1-21(2)28(30(36)32-12-6-14-34-13-5-4-7-22(34)3)33-29(35)26-8-10-27(11-9-26)31-18-23-15-24(19-31)17-25(16-23)20-31/h8-11,21-25,28H,4-7,12-20H2,1-3H3,(H,32,36)(H,33,35)/t22-,23?,24?,25?,28-,31?/m1/s1. The third-order valence-electron chi connectivity index (χ3n) is 9.90. The van der Waals surface area contributed by atoms with Crippen LogP contribution in [0.4, 0.5) is 0 Å². The smallest absolute Gasteiger partial charge is 0.251 e. The van der Waals surface area contributed by atoms with E-state index < -0.39 is 6.04 Å². The minimum absolute atomic E-state index is 0.0300. The molecule has 1 saturated heterocycles. The van der Waals surface area contributed by atoms with E-state index in [-0.39, 0.29) is 17.7 Å². The molecule has 4 saturated carbocycles. The lowest BCUT2D eigenvalue weighted by molar-refractivity contribution is -0.123. The van der Waals surface area contributed by atoms with Gasteiger partial charge in [0.15, 0.2) is 0 Å². The molecule has 0 spiro atoms. The predicted molar refractivity (Wildman–Crippen MR) is 145 cm³/mol. The summed E-state index contributed by atoms with van der Waals surface area (Å²) >= 11 is 0. The van der Waals surface area contributed by atoms with Gasteiger partial charge in [0.05, 0.1) is 0 Å². The molecule has 1 aromatic rings. The maximum absolute atomic E-state index is 13.1. The number of amides is 2. The number of carbonyl (C=O) groups excluding carboxylic acids is 2. The second kappa shape index (κ2) is 10.8. The van der Waals surface area contributed by atoms with E-state index in [2.05, 4.69) is 34.6 Å². The van der Waals surface area contributed by atoms with Crippen LogP contribution >= 0.6 is 0 Å². The monoisotopic (exact) mass is 493 g/mol. The molecule has 36 heavy (non-hydrogen) atoms. The molecule has 1 heterocycles. The Morgan fingerprint density at radius 1 is 1.00 bits per heavy atom. The highest BCUT2D eigenvalue weighted by atomic mass is 16.2. The summed E-state index contributed by atoms with van der Waals surface area (Å²) < 4.78 is 0. The Morgan fingerprint density at radius 2 is 1.64 bits per heavy atom. The van der Waals surface area contributed by atoms with Crippen molar-refractivity contribution in [3.63, 3.8) is 0 Å². The number of nitrogens with zero attached hydrogens (tertiary/aromatic N) is 1. The number of carbonyl (C=O) groups is 2. The lowest BCUT2D eigenvalue weighted by atomic mass is 9.48. The van der Waals surface area contributed by atoms with Gasteiger partial charge in [-0.1, -0.05) is 32.4 Å². The molecule has 5 aliphatic rings. The zero-order chi connectivity index (χ0) is 25.3. The van der Waals surface area contributed by atoms with Crippen LogP contribution in [0.2, 0.25) is 0 Å². The van der Waals surface area contributed by atoms with E-state index in [0.29, 0.717) is 23.6 Å². The van der Waals surface area contributed by atoms with Gasteiger partial charge in [-0.05, 0) is 118 Å². The van der Waals surface area contributed by atoms with Crippen LogP contribution in [0.25, 0.3) is 0 Å². The Balaban J connectivity index is 1.14. The SMILES string of the molecule is CC(C)[C@@H](NC(=O)c1ccc(C23CC4CC(CC(C4)C2)C3)cc1)C(=O)NCCCN1CCCC[C@H]1C. The second-order valence-corrected chi connectivity index (χ2v) is 13.0. The van der Waals surface area contributed by atoms with Crippen molar-refractivity contribution in [2.45, 2.75) is 102 Å². The Hall–Kier alpha value is -1.88. The molecule has 6 rings (SSSR count). The largest absolute Gasteiger partial charge is 0.354 e. The topological polar surface area (TPSA) is 61.4 Å². The van der Waals surface area contributed by atoms with Gasteiger partial charge < -0.3 is 15.5 Å². The summed E-state index contributed by atoms with van der Waals surface area (Å²) in [5.74, 6) is 2.54. The molecule has 2 amide bonds. The van der Waals surface area contributed by atoms with Crippen molar-refractivity contribution < 1.29 is 9.59 Å². The van der Waals surface area contributed by atoms with Crippen LogP contribution in [-0.2, 0) is 10.2 Å². The maximum Gasteiger partial charge on any atom is 0.251 e. The minimum Gasteiger partial charge on any atom is -0.354 e. The summed E-state index contributed by atoms with van der Waals surface area (Å²) in [6, 6.07) is 8.50. The zero-order valence-electron chi connectivity index (χ0n) is 22.7. The van der Waals surface area contributed by atoms with Gasteiger partial charge in [0.1, 0.15) is 6.04 Å². The van der Waals surface area contributed by atoms with E-state index >= 15 is 0 Å². The molecular weight excluding hydrogens is 446 g/mol. The minimum atomic E-state index is -0.519. The first-order valence-electron chi connectivity index (χ1n) is 14.8. The fourth-order valence-corrected chi connectivity index (χ4v) is 8.29. The number of nitrogens with one attached hydrogen (secondary N) is 2. The summed E-state index contributed by atoms with van der Waals surface area (Å²) in [4.78, 5) is 28.6. The number of hydrogen-bond acceptors (Lipinski definition) is 3. The number of benzene rings is 1. The van der Waals surface area contributed by atoms with Crippen LogP contribution in [0.1, 0.15) is 101 Å². The van der Waals surface area contributed by atoms with E-state index in [1.807, 2.05) is 26.0 Å². The average molecular weight is 494 g/mol. The highest BCUT2D eigenvalue weighted by molar-refractivity contribution is 5.97. The lowest BCUT2D eigenvalue weighted by Gasteiger charge is -2.57. The van der Waals surface area contributed by atoms with Crippen molar-refractivity contribution in [3.05, 3.63) is 35.4 Å². The van der Waals surface area contributed by atoms with Gasteiger partial charge in [-0.3, -0.25) is 9.59 Å². The molecule has 198 valence electrons. The third kappa shape index (κ3) is 5.51. The van der Waals surface area contributed by atoms with Crippen molar-refractivity contribution >= 4 is 11.8 Å². The molecular formula is C31H47N3O2. The molecule has 4 aliphatic carbocycles. The predicted octanol–water partition coefficient (Wildman–Crippen LogP) is 5.29. The fourth-order valence-electron chi connectivity index (χ4n) is 8.29. The molecule has 2 atom stereocenters. The van der Waals surface area contributed by atoms with Crippen molar-refractivity contribution in [2.24, 2.45) is 23.7 Å². The third-order valence-corrected chi connectivity index (χ3v) is 9.90. The number of rotatable bonds is 9. The van der Waals surface area contributed by atoms with E-state index in [1.165, 1.54) is 69.9 Å². The maximum atomic E-state index is 13.1. The molecule has 2 N–H and O–H groups in total. The fraction of sp³-hybridized carbons (Fsp3) is 0.742. The van der Waals surface area contributed by atoms with E-state index in [4.69, 9.17) is 0 Å². The van der Waals surface area contributed by atoms with Crippen LogP contribution in [-0.4, -0.2) is 48.4 Å². The van der Waals surface area contributed by atoms with Gasteiger partial charge in [0, 0.05) is 24.7 Å². The molecule has 4 bridgehead atoms. The zero-order valence-corrected chi connectivity index (χ0v) is 22.7. The Morgan fingerprint density at radius 3 is 2.22 bits per heavy atom. The van der Waals surface area contributed by atoms with Gasteiger partial charge in [0.2, 0.25) is 5.91 Å². The Bertz CT molecular complexity index is 889. The van der Waals surface area contributed by atoms with Crippen LogP contribution < -0.4 is 10.6 Å². The molecule has 0 radical (unpaired) electrons. The van der Waals surface area contributed by atoms with E-state index in [9.17, 15) is 9.59 Å². The summed E-state index contributed by atoms with van der Waals surface area (Å²) in [5.41, 5.74) is 2.43. The van der Waals surface area contributed by atoms with Crippen molar-refractivity contribution in [3.8, 4) is 0 Å². The highest BCUT2D eigenvalue weighted by Gasteiger charge is 2.51. The number of hydrogen-bond donors (Lipinski definition) is 2. The van der Waals surface area contributed by atoms with E-state index in [0.717, 1.165) is 30.7 Å². The van der Waals surface area contributed by atoms with Crippen molar-refractivity contribution in [1.82, 2.24) is 15.5 Å². The van der Waals surface area contributed by atoms with E-state index in [1.54, 1.807) is 0 Å². The van der Waals surface area contributed by atoms with Gasteiger partial charge in [-0.15, -0.1) is 0 Å². The van der Waals surface area contributed by atoms with Crippen LogP contribution in [0.15, 0.2) is 24.3 Å². The number of piperidine rings is 1. The quantitative estimate of drug-likeness (QED) is 0.460. The molecule has 1 aromatic carbocycles. The molecule has 5 nitrogen and oxygen atoms in total. The lowest BCUT2D eigenvalue weighted by Crippen LogP contribution is -2.50. The highest BCUT2D eigenvalue weighted by Crippen LogP contribution is 2.60. The average Bonchev–Trinajstić information content (AvgIpc) is 2.85. The second-order valence-electron chi connectivity index (χ2n) is 13.0. The first kappa shape index (κ1) is 25.8. The van der Waals surface area contributed by atoms with Gasteiger partial charge >= 0.3 is 0 Å². The van der Waals surface area contributed by atoms with Crippen molar-refractivity contribution in [1.29, 1.82) is 0 Å². The van der Waals surface area contributed by atoms with Crippen molar-refractivity contribution in [2.75, 3.05) is 19.6 Å². The molecule has 0 unspecified atom stereocenters. The molecule has 1 aliphatic heterocycles. The molecule has 5 fully saturated rings. The summed E-state index contributed by atoms with van der Waals surface area (Å²) in [6.45, 7) is 9.14. The summed E-state index contributed by atoms with van der Waals surface area (Å²) in [7, 11) is 0. The number of likely N-dealkylation sites (tertiary alicyclic amines) is 1. The first-order valence-corrected chi connectivity index (χ1v) is 14.8. The summed E-state index contributed by atoms with van der Waals surface area (Å²) in [5, 5.41) is 6.10. The Kier molecular flexibility index (Phi) is 7.76. The van der Waals surface area contributed by atoms with Gasteiger partial charge in [-0.25, -0.2) is 0 Å². The van der Waals surface area contributed by atoms with Gasteiger partial charge in [-0.2, -0.15) is 0 Å². The van der Waals surface area contributed by atoms with Crippen LogP contribution in [0.3, 0.4) is 0 Å². The Labute approximate surface area is 218 Å². The molecule has 5 heteroatoms. The summed E-state index contributed by atoms with van der Waals surface area (Å²) in [6.07, 6.45) is 13.1. The first-order chi connectivity index (χ1) is 17.3. The van der Waals surface area contributed by atoms with Crippen LogP contribution in [0, 0.1) is 23.7 Å². The van der Waals surface area contributed by atoms with Gasteiger partial charge in [0.25, 0.3) is 5.91 Å². The van der Waals surface area contributed by atoms with Crippen LogP contribution in [0.5, 0.6) is 0 Å². The molecule has 0 aromatic heterocycles.